The summed E-state index contributed by atoms with van der Waals surface area (Å²) in [6, 6.07) is 63.2. The molecule has 0 fully saturated rings. The van der Waals surface area contributed by atoms with Crippen molar-refractivity contribution in [3.63, 3.8) is 0 Å². The van der Waals surface area contributed by atoms with E-state index in [2.05, 4.69) is 180 Å². The molecule has 1 aromatic heterocycles. The third-order valence-electron chi connectivity index (χ3n) is 9.82. The van der Waals surface area contributed by atoms with E-state index in [0.717, 1.165) is 28.1 Å². The van der Waals surface area contributed by atoms with Crippen LogP contribution in [0.5, 0.6) is 11.5 Å². The lowest BCUT2D eigenvalue weighted by Crippen LogP contribution is -1.98. The number of rotatable bonds is 4. The van der Waals surface area contributed by atoms with E-state index < -0.39 is 0 Å². The molecule has 9 aromatic rings. The summed E-state index contributed by atoms with van der Waals surface area (Å²) in [7, 11) is 0. The molecule has 0 radical (unpaired) electrons. The zero-order chi connectivity index (χ0) is 31.6. The number of benzene rings is 8. The highest BCUT2D eigenvalue weighted by Gasteiger charge is 2.23. The van der Waals surface area contributed by atoms with Crippen molar-refractivity contribution >= 4 is 32.6 Å². The molecule has 0 amide bonds. The fourth-order valence-corrected chi connectivity index (χ4v) is 7.64. The maximum absolute atomic E-state index is 6.58. The summed E-state index contributed by atoms with van der Waals surface area (Å²) in [5, 5.41) is 4.85. The maximum atomic E-state index is 6.58. The van der Waals surface area contributed by atoms with Gasteiger partial charge in [-0.3, -0.25) is 0 Å². The highest BCUT2D eigenvalue weighted by Crippen LogP contribution is 2.50. The Bertz CT molecular complexity index is 2690. The predicted molar refractivity (Wildman–Crippen MR) is 200 cm³/mol. The number of hydrogen-bond donors (Lipinski definition) is 0. The molecule has 8 aromatic carbocycles. The zero-order valence-electron chi connectivity index (χ0n) is 26.1. The lowest BCUT2D eigenvalue weighted by molar-refractivity contribution is 0.487. The number of fused-ring (bicyclic) bond motifs is 5. The second-order valence-electron chi connectivity index (χ2n) is 12.5. The van der Waals surface area contributed by atoms with Crippen molar-refractivity contribution in [1.29, 1.82) is 0 Å². The van der Waals surface area contributed by atoms with Gasteiger partial charge in [0, 0.05) is 27.4 Å². The van der Waals surface area contributed by atoms with Crippen molar-refractivity contribution in [2.45, 2.75) is 0 Å². The van der Waals surface area contributed by atoms with Crippen LogP contribution in [0, 0.1) is 0 Å². The summed E-state index contributed by atoms with van der Waals surface area (Å²) in [6.07, 6.45) is 0. The normalized spacial score (nSPS) is 11.9. The summed E-state index contributed by atoms with van der Waals surface area (Å²) < 4.78 is 8.96. The van der Waals surface area contributed by atoms with E-state index in [-0.39, 0.29) is 0 Å². The molecule has 1 aliphatic rings. The van der Waals surface area contributed by atoms with Gasteiger partial charge in [0.05, 0.1) is 11.0 Å². The Morgan fingerprint density at radius 1 is 0.333 bits per heavy atom. The molecular weight excluding hydrogens is 583 g/mol. The molecule has 0 saturated carbocycles. The van der Waals surface area contributed by atoms with E-state index >= 15 is 0 Å². The van der Waals surface area contributed by atoms with Gasteiger partial charge in [0.2, 0.25) is 0 Å². The van der Waals surface area contributed by atoms with E-state index in [0.29, 0.717) is 0 Å². The minimum Gasteiger partial charge on any atom is -0.456 e. The molecular formula is C46H29NO. The molecule has 0 bridgehead atoms. The van der Waals surface area contributed by atoms with Crippen molar-refractivity contribution in [1.82, 2.24) is 4.57 Å². The molecule has 0 saturated heterocycles. The fourth-order valence-electron chi connectivity index (χ4n) is 7.64. The molecule has 10 rings (SSSR count). The molecule has 48 heavy (non-hydrogen) atoms. The molecule has 0 aliphatic carbocycles. The smallest absolute Gasteiger partial charge is 0.135 e. The first-order valence-electron chi connectivity index (χ1n) is 16.4. The lowest BCUT2D eigenvalue weighted by Gasteiger charge is -2.24. The molecule has 0 spiro atoms. The van der Waals surface area contributed by atoms with Crippen LogP contribution < -0.4 is 4.74 Å². The average Bonchev–Trinajstić information content (AvgIpc) is 3.49. The van der Waals surface area contributed by atoms with Crippen LogP contribution in [-0.2, 0) is 0 Å². The molecule has 2 nitrogen and oxygen atoms in total. The largest absolute Gasteiger partial charge is 0.456 e. The van der Waals surface area contributed by atoms with Crippen LogP contribution in [0.4, 0.5) is 0 Å². The topological polar surface area (TPSA) is 14.2 Å². The monoisotopic (exact) mass is 611 g/mol. The SMILES string of the molecule is c1ccc(-c2ccc3c(c2)-c2cccc4c(-c5ccccc5-c5ccc6c7ccccc7n(-c7ccccc7)c6c5)ccc(c24)O3)cc1. The predicted octanol–water partition coefficient (Wildman–Crippen LogP) is 12.7. The van der Waals surface area contributed by atoms with Crippen LogP contribution in [0.15, 0.2) is 176 Å². The van der Waals surface area contributed by atoms with Gasteiger partial charge in [-0.15, -0.1) is 0 Å². The molecule has 2 heteroatoms. The number of nitrogens with zero attached hydrogens (tertiary/aromatic N) is 1. The van der Waals surface area contributed by atoms with Gasteiger partial charge in [0.25, 0.3) is 0 Å². The van der Waals surface area contributed by atoms with E-state index in [9.17, 15) is 0 Å². The van der Waals surface area contributed by atoms with Gasteiger partial charge >= 0.3 is 0 Å². The maximum Gasteiger partial charge on any atom is 0.135 e. The Kier molecular flexibility index (Phi) is 5.91. The Hall–Kier alpha value is -6.38. The van der Waals surface area contributed by atoms with E-state index in [1.165, 1.54) is 66.1 Å². The van der Waals surface area contributed by atoms with Gasteiger partial charge in [0.15, 0.2) is 0 Å². The number of ether oxygens (including phenoxy) is 1. The van der Waals surface area contributed by atoms with E-state index in [1.807, 2.05) is 0 Å². The van der Waals surface area contributed by atoms with Crippen LogP contribution in [0.1, 0.15) is 0 Å². The first-order valence-corrected chi connectivity index (χ1v) is 16.4. The number of hydrogen-bond acceptors (Lipinski definition) is 1. The van der Waals surface area contributed by atoms with Crippen molar-refractivity contribution in [2.75, 3.05) is 0 Å². The number of para-hydroxylation sites is 2. The third kappa shape index (κ3) is 4.06. The molecule has 2 heterocycles. The second kappa shape index (κ2) is 10.6. The summed E-state index contributed by atoms with van der Waals surface area (Å²) in [6.45, 7) is 0. The molecule has 0 N–H and O–H groups in total. The first-order chi connectivity index (χ1) is 23.8. The zero-order valence-corrected chi connectivity index (χ0v) is 26.1. The molecule has 224 valence electrons. The highest BCUT2D eigenvalue weighted by molar-refractivity contribution is 6.13. The number of aromatic nitrogens is 1. The molecule has 0 unspecified atom stereocenters. The third-order valence-corrected chi connectivity index (χ3v) is 9.82. The van der Waals surface area contributed by atoms with E-state index in [4.69, 9.17) is 4.74 Å². The Morgan fingerprint density at radius 3 is 1.88 bits per heavy atom. The van der Waals surface area contributed by atoms with Crippen LogP contribution >= 0.6 is 0 Å². The highest BCUT2D eigenvalue weighted by atomic mass is 16.5. The van der Waals surface area contributed by atoms with Crippen LogP contribution in [0.2, 0.25) is 0 Å². The minimum absolute atomic E-state index is 0.893. The standard InChI is InChI=1S/C46H29NO/c1-3-12-30(13-4-1)31-23-26-44-41(28-31)40-20-11-19-39-36(25-27-45(48-44)46(39)40)35-17-8-7-16-34(35)32-22-24-38-37-18-9-10-21-42(37)47(43(38)29-32)33-14-5-2-6-15-33/h1-29H. The first kappa shape index (κ1) is 26.8. The van der Waals surface area contributed by atoms with Crippen LogP contribution in [0.25, 0.3) is 82.8 Å². The Labute approximate surface area is 278 Å². The van der Waals surface area contributed by atoms with Crippen molar-refractivity contribution < 1.29 is 4.74 Å². The van der Waals surface area contributed by atoms with Crippen molar-refractivity contribution in [3.05, 3.63) is 176 Å². The minimum atomic E-state index is 0.893. The molecule has 0 atom stereocenters. The quantitative estimate of drug-likeness (QED) is 0.193. The van der Waals surface area contributed by atoms with Gasteiger partial charge in [-0.25, -0.2) is 0 Å². The van der Waals surface area contributed by atoms with Crippen molar-refractivity contribution in [3.8, 4) is 61.7 Å². The van der Waals surface area contributed by atoms with Gasteiger partial charge in [-0.1, -0.05) is 133 Å². The van der Waals surface area contributed by atoms with Gasteiger partial charge in [-0.2, -0.15) is 0 Å². The van der Waals surface area contributed by atoms with Crippen LogP contribution in [-0.4, -0.2) is 4.57 Å². The van der Waals surface area contributed by atoms with Crippen LogP contribution in [0.3, 0.4) is 0 Å². The summed E-state index contributed by atoms with van der Waals surface area (Å²) in [5.74, 6) is 1.79. The van der Waals surface area contributed by atoms with Gasteiger partial charge in [-0.05, 0) is 86.8 Å². The summed E-state index contributed by atoms with van der Waals surface area (Å²) >= 11 is 0. The summed E-state index contributed by atoms with van der Waals surface area (Å²) in [4.78, 5) is 0. The lowest BCUT2D eigenvalue weighted by atomic mass is 9.87. The average molecular weight is 612 g/mol. The molecule has 1 aliphatic heterocycles. The van der Waals surface area contributed by atoms with Crippen molar-refractivity contribution in [2.24, 2.45) is 0 Å². The van der Waals surface area contributed by atoms with Gasteiger partial charge < -0.3 is 9.30 Å². The fraction of sp³-hybridized carbons (Fsp3) is 0. The summed E-state index contributed by atoms with van der Waals surface area (Å²) in [5.41, 5.74) is 13.1. The van der Waals surface area contributed by atoms with E-state index in [1.54, 1.807) is 0 Å². The second-order valence-corrected chi connectivity index (χ2v) is 12.5. The Morgan fingerprint density at radius 2 is 1.00 bits per heavy atom. The Balaban J connectivity index is 1.16. The van der Waals surface area contributed by atoms with Gasteiger partial charge in [0.1, 0.15) is 11.5 Å².